The average Bonchev–Trinajstić information content (AvgIpc) is 2.69. The number of hydrogen-bond acceptors (Lipinski definition) is 6. The summed E-state index contributed by atoms with van der Waals surface area (Å²) in [7, 11) is 1.98. The predicted octanol–water partition coefficient (Wildman–Crippen LogP) is 4.64. The van der Waals surface area contributed by atoms with Crippen LogP contribution in [0.15, 0.2) is 60.8 Å². The first-order valence-electron chi connectivity index (χ1n) is 8.76. The first-order chi connectivity index (χ1) is 12.8. The van der Waals surface area contributed by atoms with Gasteiger partial charge < -0.3 is 15.0 Å². The van der Waals surface area contributed by atoms with E-state index in [4.69, 9.17) is 4.74 Å². The minimum Gasteiger partial charge on any atom is -0.455 e. The van der Waals surface area contributed by atoms with E-state index in [0.29, 0.717) is 11.8 Å². The highest BCUT2D eigenvalue weighted by atomic mass is 16.5. The van der Waals surface area contributed by atoms with Crippen LogP contribution in [0.4, 0.5) is 17.5 Å². The van der Waals surface area contributed by atoms with Crippen LogP contribution < -0.4 is 15.0 Å². The fraction of sp³-hybridized carbons (Fsp3) is 0.250. The molecule has 6 nitrogen and oxygen atoms in total. The first kappa shape index (κ1) is 17.7. The number of rotatable bonds is 8. The number of nitrogens with zero attached hydrogens (tertiary/aromatic N) is 4. The highest BCUT2D eigenvalue weighted by Crippen LogP contribution is 2.30. The maximum atomic E-state index is 5.98. The molecule has 0 atom stereocenters. The number of anilines is 3. The standard InChI is InChI=1S/C20H23N5O/c1-3-4-14-25(2)20-23-19(15-21-24-20)22-17-12-8-9-13-18(17)26-16-10-6-5-7-11-16/h5-13,15H,3-4,14H2,1-2H3,(H,22,23,24). The van der Waals surface area contributed by atoms with Gasteiger partial charge in [0, 0.05) is 13.6 Å². The van der Waals surface area contributed by atoms with Gasteiger partial charge in [-0.2, -0.15) is 10.1 Å². The van der Waals surface area contributed by atoms with E-state index in [9.17, 15) is 0 Å². The average molecular weight is 349 g/mol. The van der Waals surface area contributed by atoms with Gasteiger partial charge in [-0.1, -0.05) is 43.7 Å². The molecule has 0 amide bonds. The molecule has 2 aromatic carbocycles. The molecule has 0 saturated carbocycles. The fourth-order valence-electron chi connectivity index (χ4n) is 2.42. The molecule has 0 bridgehead atoms. The molecule has 0 saturated heterocycles. The molecule has 0 aliphatic heterocycles. The fourth-order valence-corrected chi connectivity index (χ4v) is 2.42. The van der Waals surface area contributed by atoms with E-state index in [1.165, 1.54) is 0 Å². The number of benzene rings is 2. The van der Waals surface area contributed by atoms with Crippen molar-refractivity contribution in [1.82, 2.24) is 15.2 Å². The molecule has 1 N–H and O–H groups in total. The summed E-state index contributed by atoms with van der Waals surface area (Å²) >= 11 is 0. The summed E-state index contributed by atoms with van der Waals surface area (Å²) in [6.45, 7) is 3.06. The van der Waals surface area contributed by atoms with Crippen LogP contribution in [0.25, 0.3) is 0 Å². The Hall–Kier alpha value is -3.15. The summed E-state index contributed by atoms with van der Waals surface area (Å²) in [6.07, 6.45) is 3.82. The van der Waals surface area contributed by atoms with Gasteiger partial charge in [0.05, 0.1) is 11.9 Å². The van der Waals surface area contributed by atoms with Gasteiger partial charge in [-0.25, -0.2) is 0 Å². The van der Waals surface area contributed by atoms with Crippen molar-refractivity contribution in [3.05, 3.63) is 60.8 Å². The maximum Gasteiger partial charge on any atom is 0.247 e. The van der Waals surface area contributed by atoms with Crippen molar-refractivity contribution in [1.29, 1.82) is 0 Å². The highest BCUT2D eigenvalue weighted by molar-refractivity contribution is 5.64. The third-order valence-electron chi connectivity index (χ3n) is 3.86. The third kappa shape index (κ3) is 4.69. The minimum atomic E-state index is 0.602. The topological polar surface area (TPSA) is 63.2 Å². The van der Waals surface area contributed by atoms with Crippen molar-refractivity contribution in [3.8, 4) is 11.5 Å². The highest BCUT2D eigenvalue weighted by Gasteiger charge is 2.09. The second-order valence-corrected chi connectivity index (χ2v) is 5.95. The van der Waals surface area contributed by atoms with Crippen molar-refractivity contribution < 1.29 is 4.74 Å². The Balaban J connectivity index is 1.77. The Morgan fingerprint density at radius 1 is 1.04 bits per heavy atom. The Morgan fingerprint density at radius 3 is 2.62 bits per heavy atom. The summed E-state index contributed by atoms with van der Waals surface area (Å²) in [4.78, 5) is 6.56. The lowest BCUT2D eigenvalue weighted by Crippen LogP contribution is -2.21. The van der Waals surface area contributed by atoms with Crippen molar-refractivity contribution >= 4 is 17.5 Å². The summed E-state index contributed by atoms with van der Waals surface area (Å²) in [5, 5.41) is 11.5. The van der Waals surface area contributed by atoms with Crippen molar-refractivity contribution in [2.45, 2.75) is 19.8 Å². The van der Waals surface area contributed by atoms with Crippen LogP contribution in [0.5, 0.6) is 11.5 Å². The summed E-state index contributed by atoms with van der Waals surface area (Å²) in [5.41, 5.74) is 0.819. The molecule has 0 fully saturated rings. The molecule has 0 aliphatic carbocycles. The van der Waals surface area contributed by atoms with E-state index in [2.05, 4.69) is 27.4 Å². The molecule has 1 aromatic heterocycles. The lowest BCUT2D eigenvalue weighted by molar-refractivity contribution is 0.485. The van der Waals surface area contributed by atoms with Crippen LogP contribution in [-0.2, 0) is 0 Å². The minimum absolute atomic E-state index is 0.602. The van der Waals surface area contributed by atoms with Gasteiger partial charge >= 0.3 is 0 Å². The van der Waals surface area contributed by atoms with Crippen molar-refractivity contribution in [3.63, 3.8) is 0 Å². The normalized spacial score (nSPS) is 10.4. The zero-order chi connectivity index (χ0) is 18.2. The van der Waals surface area contributed by atoms with Gasteiger partial charge in [0.25, 0.3) is 0 Å². The van der Waals surface area contributed by atoms with Crippen LogP contribution >= 0.6 is 0 Å². The number of nitrogens with one attached hydrogen (secondary N) is 1. The van der Waals surface area contributed by atoms with Crippen LogP contribution in [0, 0.1) is 0 Å². The molecular weight excluding hydrogens is 326 g/mol. The Labute approximate surface area is 153 Å². The summed E-state index contributed by atoms with van der Waals surface area (Å²) in [5.74, 6) is 2.73. The van der Waals surface area contributed by atoms with Crippen LogP contribution in [0.2, 0.25) is 0 Å². The molecule has 0 spiro atoms. The number of ether oxygens (including phenoxy) is 1. The van der Waals surface area contributed by atoms with E-state index in [-0.39, 0.29) is 0 Å². The van der Waals surface area contributed by atoms with Crippen LogP contribution in [0.1, 0.15) is 19.8 Å². The second-order valence-electron chi connectivity index (χ2n) is 5.95. The Kier molecular flexibility index (Phi) is 5.98. The zero-order valence-corrected chi connectivity index (χ0v) is 15.1. The van der Waals surface area contributed by atoms with Crippen molar-refractivity contribution in [2.24, 2.45) is 0 Å². The van der Waals surface area contributed by atoms with Gasteiger partial charge in [-0.05, 0) is 30.7 Å². The van der Waals surface area contributed by atoms with E-state index in [0.717, 1.165) is 36.6 Å². The van der Waals surface area contributed by atoms with E-state index in [1.807, 2.05) is 66.5 Å². The zero-order valence-electron chi connectivity index (χ0n) is 15.1. The van der Waals surface area contributed by atoms with Crippen molar-refractivity contribution in [2.75, 3.05) is 23.8 Å². The number of aromatic nitrogens is 3. The van der Waals surface area contributed by atoms with Gasteiger partial charge in [0.1, 0.15) is 5.75 Å². The molecule has 26 heavy (non-hydrogen) atoms. The van der Waals surface area contributed by atoms with E-state index >= 15 is 0 Å². The Morgan fingerprint density at radius 2 is 1.81 bits per heavy atom. The van der Waals surface area contributed by atoms with Gasteiger partial charge in [-0.15, -0.1) is 5.10 Å². The Bertz CT molecular complexity index is 825. The number of para-hydroxylation sites is 3. The maximum absolute atomic E-state index is 5.98. The molecule has 0 unspecified atom stereocenters. The molecule has 0 aliphatic rings. The SMILES string of the molecule is CCCCN(C)c1nncc(Nc2ccccc2Oc2ccccc2)n1. The number of hydrogen-bond donors (Lipinski definition) is 1. The van der Waals surface area contributed by atoms with E-state index in [1.54, 1.807) is 6.20 Å². The molecule has 3 aromatic rings. The third-order valence-corrected chi connectivity index (χ3v) is 3.86. The lowest BCUT2D eigenvalue weighted by atomic mass is 10.3. The van der Waals surface area contributed by atoms with Gasteiger partial charge in [0.2, 0.25) is 5.95 Å². The van der Waals surface area contributed by atoms with Gasteiger partial charge in [0.15, 0.2) is 11.6 Å². The monoisotopic (exact) mass is 349 g/mol. The molecular formula is C20H23N5O. The van der Waals surface area contributed by atoms with Crippen LogP contribution in [0.3, 0.4) is 0 Å². The largest absolute Gasteiger partial charge is 0.455 e. The molecule has 3 rings (SSSR count). The molecule has 1 heterocycles. The predicted molar refractivity (Wildman–Crippen MR) is 104 cm³/mol. The summed E-state index contributed by atoms with van der Waals surface area (Å²) < 4.78 is 5.98. The summed E-state index contributed by atoms with van der Waals surface area (Å²) in [6, 6.07) is 17.4. The molecule has 134 valence electrons. The smallest absolute Gasteiger partial charge is 0.247 e. The molecule has 6 heteroatoms. The van der Waals surface area contributed by atoms with Gasteiger partial charge in [-0.3, -0.25) is 0 Å². The van der Waals surface area contributed by atoms with Crippen LogP contribution in [-0.4, -0.2) is 28.8 Å². The van der Waals surface area contributed by atoms with E-state index < -0.39 is 0 Å². The molecule has 0 radical (unpaired) electrons. The first-order valence-corrected chi connectivity index (χ1v) is 8.76. The number of unbranched alkanes of at least 4 members (excludes halogenated alkanes) is 1. The quantitative estimate of drug-likeness (QED) is 0.639. The lowest BCUT2D eigenvalue weighted by Gasteiger charge is -2.17. The second kappa shape index (κ2) is 8.80.